The number of aryl methyl sites for hydroxylation is 6. The first kappa shape index (κ1) is 33.7. The zero-order valence-electron chi connectivity index (χ0n) is 25.3. The third kappa shape index (κ3) is 8.87. The van der Waals surface area contributed by atoms with Crippen LogP contribution in [0.25, 0.3) is 34.9 Å². The summed E-state index contributed by atoms with van der Waals surface area (Å²) in [5.41, 5.74) is 0. The van der Waals surface area contributed by atoms with Crippen LogP contribution >= 0.6 is 12.6 Å². The minimum Gasteiger partial charge on any atom is -0.331 e. The number of unbranched alkanes of at least 4 members (excludes halogenated alkanes) is 3. The average molecular weight is 779 g/mol. The predicted molar refractivity (Wildman–Crippen MR) is 168 cm³/mol. The Morgan fingerprint density at radius 3 is 1.07 bits per heavy atom. The predicted octanol–water partition coefficient (Wildman–Crippen LogP) is 4.41. The number of imidazole rings is 6. The van der Waals surface area contributed by atoms with Gasteiger partial charge in [-0.25, -0.2) is 29.9 Å². The van der Waals surface area contributed by atoms with Crippen molar-refractivity contribution >= 4 is 12.6 Å². The Morgan fingerprint density at radius 1 is 0.442 bits per heavy atom. The standard InChI is InChI=1S/C13H20N4S.2C8H10N4.Os/c1-16-9-6-14-12(16)13-15-7-10-17(13)8-4-2-3-5-11-18;2*1-11-5-3-9-7(11)8-10-4-6-12(8)2;/h6-7,9-10,18H,2-5,8,11H2,1H3;2*3-6H,1-2H3;. The summed E-state index contributed by atoms with van der Waals surface area (Å²) in [5.74, 6) is 6.44. The van der Waals surface area contributed by atoms with Crippen molar-refractivity contribution in [2.24, 2.45) is 35.2 Å². The Morgan fingerprint density at radius 2 is 0.744 bits per heavy atom. The second-order valence-electron chi connectivity index (χ2n) is 9.89. The number of aromatic nitrogens is 12. The smallest absolute Gasteiger partial charge is 0.176 e. The van der Waals surface area contributed by atoms with Crippen LogP contribution in [0.3, 0.4) is 0 Å². The van der Waals surface area contributed by atoms with Crippen molar-refractivity contribution in [2.45, 2.75) is 32.2 Å². The molecule has 0 saturated heterocycles. The zero-order chi connectivity index (χ0) is 29.9. The average Bonchev–Trinajstić information content (AvgIpc) is 3.81. The van der Waals surface area contributed by atoms with Crippen LogP contribution in [-0.4, -0.2) is 63.1 Å². The van der Waals surface area contributed by atoms with Gasteiger partial charge in [0, 0.05) is 136 Å². The molecule has 0 amide bonds. The summed E-state index contributed by atoms with van der Waals surface area (Å²) in [7, 11) is 9.82. The van der Waals surface area contributed by atoms with E-state index in [0.717, 1.165) is 47.2 Å². The zero-order valence-corrected chi connectivity index (χ0v) is 28.8. The van der Waals surface area contributed by atoms with Crippen LogP contribution in [0, 0.1) is 0 Å². The van der Waals surface area contributed by atoms with Gasteiger partial charge in [0.15, 0.2) is 34.9 Å². The third-order valence-electron chi connectivity index (χ3n) is 6.73. The van der Waals surface area contributed by atoms with Gasteiger partial charge in [0.05, 0.1) is 0 Å². The molecule has 6 rings (SSSR count). The molecule has 6 heterocycles. The Bertz CT molecular complexity index is 1480. The molecule has 230 valence electrons. The van der Waals surface area contributed by atoms with Crippen molar-refractivity contribution in [2.75, 3.05) is 5.75 Å². The van der Waals surface area contributed by atoms with Gasteiger partial charge in [-0.05, 0) is 18.6 Å². The van der Waals surface area contributed by atoms with Crippen molar-refractivity contribution in [3.8, 4) is 34.9 Å². The summed E-state index contributed by atoms with van der Waals surface area (Å²) in [6, 6.07) is 0. The van der Waals surface area contributed by atoms with Crippen molar-refractivity contribution < 1.29 is 19.8 Å². The first-order valence-electron chi connectivity index (χ1n) is 13.9. The van der Waals surface area contributed by atoms with Crippen LogP contribution in [0.4, 0.5) is 0 Å². The maximum absolute atomic E-state index is 4.40. The van der Waals surface area contributed by atoms with Crippen LogP contribution in [0.2, 0.25) is 0 Å². The molecule has 0 spiro atoms. The molecule has 0 atom stereocenters. The maximum atomic E-state index is 4.40. The molecular weight excluding hydrogens is 739 g/mol. The molecule has 0 fully saturated rings. The molecule has 0 aliphatic heterocycles. The molecular formula is C29H40N12OsS. The number of nitrogens with zero attached hydrogens (tertiary/aromatic N) is 12. The third-order valence-corrected chi connectivity index (χ3v) is 7.04. The fourth-order valence-electron chi connectivity index (χ4n) is 4.35. The number of rotatable bonds is 9. The topological polar surface area (TPSA) is 107 Å². The van der Waals surface area contributed by atoms with Gasteiger partial charge in [-0.15, -0.1) is 0 Å². The number of thiol groups is 1. The second-order valence-corrected chi connectivity index (χ2v) is 10.3. The van der Waals surface area contributed by atoms with Crippen molar-refractivity contribution in [3.05, 3.63) is 74.4 Å². The van der Waals surface area contributed by atoms with Gasteiger partial charge in [0.2, 0.25) is 0 Å². The SMILES string of the molecule is Cn1ccnc1-c1nccn1C.Cn1ccnc1-c1nccn1C.Cn1ccnc1-c1nccn1CCCCCCS.[Os]. The molecule has 0 radical (unpaired) electrons. The van der Waals surface area contributed by atoms with Gasteiger partial charge in [-0.1, -0.05) is 12.8 Å². The van der Waals surface area contributed by atoms with Crippen LogP contribution < -0.4 is 0 Å². The summed E-state index contributed by atoms with van der Waals surface area (Å²) in [6.07, 6.45) is 27.2. The van der Waals surface area contributed by atoms with Gasteiger partial charge in [-0.3, -0.25) is 0 Å². The van der Waals surface area contributed by atoms with E-state index in [1.807, 2.05) is 101 Å². The Labute approximate surface area is 271 Å². The van der Waals surface area contributed by atoms with Gasteiger partial charge < -0.3 is 27.4 Å². The van der Waals surface area contributed by atoms with Crippen molar-refractivity contribution in [3.63, 3.8) is 0 Å². The second kappa shape index (κ2) is 16.8. The largest absolute Gasteiger partial charge is 0.331 e. The fourth-order valence-corrected chi connectivity index (χ4v) is 4.57. The van der Waals surface area contributed by atoms with E-state index in [1.54, 1.807) is 31.0 Å². The van der Waals surface area contributed by atoms with E-state index in [0.29, 0.717) is 0 Å². The van der Waals surface area contributed by atoms with E-state index >= 15 is 0 Å². The minimum absolute atomic E-state index is 0. The van der Waals surface area contributed by atoms with E-state index in [4.69, 9.17) is 0 Å². The van der Waals surface area contributed by atoms with Gasteiger partial charge in [0.25, 0.3) is 0 Å². The molecule has 0 aliphatic rings. The molecule has 12 nitrogen and oxygen atoms in total. The maximum Gasteiger partial charge on any atom is 0.176 e. The van der Waals surface area contributed by atoms with Crippen LogP contribution in [0.15, 0.2) is 74.4 Å². The van der Waals surface area contributed by atoms with E-state index < -0.39 is 0 Å². The molecule has 14 heteroatoms. The van der Waals surface area contributed by atoms with Gasteiger partial charge in [-0.2, -0.15) is 12.6 Å². The van der Waals surface area contributed by atoms with Crippen molar-refractivity contribution in [1.82, 2.24) is 57.3 Å². The molecule has 0 saturated carbocycles. The Balaban J connectivity index is 0.000000180. The molecule has 0 aliphatic carbocycles. The van der Waals surface area contributed by atoms with Crippen LogP contribution in [0.1, 0.15) is 25.7 Å². The summed E-state index contributed by atoms with van der Waals surface area (Å²) >= 11 is 4.22. The summed E-state index contributed by atoms with van der Waals surface area (Å²) < 4.78 is 12.0. The number of hydrogen-bond donors (Lipinski definition) is 1. The van der Waals surface area contributed by atoms with E-state index in [-0.39, 0.29) is 19.8 Å². The molecule has 0 aromatic carbocycles. The number of hydrogen-bond acceptors (Lipinski definition) is 7. The molecule has 0 N–H and O–H groups in total. The first-order valence-corrected chi connectivity index (χ1v) is 14.5. The minimum atomic E-state index is 0. The summed E-state index contributed by atoms with van der Waals surface area (Å²) in [4.78, 5) is 25.5. The van der Waals surface area contributed by atoms with E-state index in [9.17, 15) is 0 Å². The molecule has 0 bridgehead atoms. The molecule has 6 aromatic rings. The van der Waals surface area contributed by atoms with Crippen LogP contribution in [-0.2, 0) is 61.6 Å². The molecule has 0 unspecified atom stereocenters. The fraction of sp³-hybridized carbons (Fsp3) is 0.379. The normalized spacial score (nSPS) is 10.5. The van der Waals surface area contributed by atoms with E-state index in [2.05, 4.69) is 47.1 Å². The summed E-state index contributed by atoms with van der Waals surface area (Å²) in [5, 5.41) is 0. The first-order chi connectivity index (χ1) is 20.4. The van der Waals surface area contributed by atoms with Crippen LogP contribution in [0.5, 0.6) is 0 Å². The van der Waals surface area contributed by atoms with Crippen molar-refractivity contribution in [1.29, 1.82) is 0 Å². The van der Waals surface area contributed by atoms with Gasteiger partial charge >= 0.3 is 0 Å². The Hall–Kier alpha value is -3.75. The Kier molecular flexibility index (Phi) is 13.2. The monoisotopic (exact) mass is 780 g/mol. The van der Waals surface area contributed by atoms with E-state index in [1.165, 1.54) is 25.7 Å². The molecule has 43 heavy (non-hydrogen) atoms. The molecule has 6 aromatic heterocycles. The quantitative estimate of drug-likeness (QED) is 0.172. The van der Waals surface area contributed by atoms with Gasteiger partial charge in [0.1, 0.15) is 0 Å². The summed E-state index contributed by atoms with van der Waals surface area (Å²) in [6.45, 7) is 1.01.